The van der Waals surface area contributed by atoms with Crippen molar-refractivity contribution in [2.24, 2.45) is 5.92 Å². The Balaban J connectivity index is 1.66. The zero-order valence-corrected chi connectivity index (χ0v) is 11.0. The predicted octanol–water partition coefficient (Wildman–Crippen LogP) is 2.38. The molecule has 1 aliphatic heterocycles. The zero-order valence-electron chi connectivity index (χ0n) is 10.2. The highest BCUT2D eigenvalue weighted by Crippen LogP contribution is 2.27. The van der Waals surface area contributed by atoms with Crippen molar-refractivity contribution in [1.82, 2.24) is 9.97 Å². The largest absolute Gasteiger partial charge is 0.381 e. The van der Waals surface area contributed by atoms with Crippen molar-refractivity contribution in [3.05, 3.63) is 17.3 Å². The summed E-state index contributed by atoms with van der Waals surface area (Å²) in [5, 5.41) is 1.02. The van der Waals surface area contributed by atoms with Gasteiger partial charge in [0.2, 0.25) is 0 Å². The van der Waals surface area contributed by atoms with E-state index in [1.165, 1.54) is 4.88 Å². The van der Waals surface area contributed by atoms with E-state index < -0.39 is 0 Å². The zero-order chi connectivity index (χ0) is 12.4. The number of thiophene rings is 1. The third kappa shape index (κ3) is 2.45. The first-order valence-corrected chi connectivity index (χ1v) is 6.81. The van der Waals surface area contributed by atoms with Crippen LogP contribution in [0.4, 0.5) is 5.82 Å². The third-order valence-corrected chi connectivity index (χ3v) is 3.92. The Morgan fingerprint density at radius 3 is 3.33 bits per heavy atom. The van der Waals surface area contributed by atoms with E-state index in [-0.39, 0.29) is 0 Å². The van der Waals surface area contributed by atoms with E-state index in [1.54, 1.807) is 17.7 Å². The first kappa shape index (κ1) is 11.8. The molecule has 6 heteroatoms. The molecule has 0 saturated carbocycles. The lowest BCUT2D eigenvalue weighted by molar-refractivity contribution is 0.126. The molecule has 1 unspecified atom stereocenters. The van der Waals surface area contributed by atoms with Crippen LogP contribution in [-0.2, 0) is 9.57 Å². The maximum absolute atomic E-state index is 5.51. The van der Waals surface area contributed by atoms with Crippen LogP contribution < -0.4 is 5.48 Å². The van der Waals surface area contributed by atoms with Gasteiger partial charge in [-0.25, -0.2) is 15.4 Å². The number of aromatic nitrogens is 2. The Morgan fingerprint density at radius 1 is 1.56 bits per heavy atom. The number of hydrogen-bond acceptors (Lipinski definition) is 6. The molecule has 1 aliphatic rings. The fraction of sp³-hybridized carbons (Fsp3) is 0.500. The van der Waals surface area contributed by atoms with Gasteiger partial charge in [-0.15, -0.1) is 11.3 Å². The van der Waals surface area contributed by atoms with Gasteiger partial charge in [0.25, 0.3) is 0 Å². The summed E-state index contributed by atoms with van der Waals surface area (Å²) in [5.74, 6) is 1.22. The monoisotopic (exact) mass is 265 g/mol. The number of nitrogens with zero attached hydrogens (tertiary/aromatic N) is 2. The molecule has 0 aromatic carbocycles. The van der Waals surface area contributed by atoms with Crippen LogP contribution in [0.15, 0.2) is 12.4 Å². The standard InChI is InChI=1S/C12H15N3O2S/c1-8-4-10-11(13-7-14-12(10)18-8)15-17-6-9-2-3-16-5-9/h4,7,9H,2-3,5-6H2,1H3,(H,13,14,15). The summed E-state index contributed by atoms with van der Waals surface area (Å²) in [7, 11) is 0. The van der Waals surface area contributed by atoms with E-state index in [1.807, 2.05) is 0 Å². The average Bonchev–Trinajstić information content (AvgIpc) is 2.97. The molecule has 0 radical (unpaired) electrons. The Hall–Kier alpha value is -1.24. The van der Waals surface area contributed by atoms with Crippen LogP contribution in [-0.4, -0.2) is 29.8 Å². The molecular weight excluding hydrogens is 250 g/mol. The molecular formula is C12H15N3O2S. The number of aryl methyl sites for hydroxylation is 1. The van der Waals surface area contributed by atoms with Gasteiger partial charge in [-0.1, -0.05) is 0 Å². The molecule has 2 aromatic rings. The maximum atomic E-state index is 5.51. The minimum atomic E-state index is 0.485. The van der Waals surface area contributed by atoms with Gasteiger partial charge in [0.15, 0.2) is 5.82 Å². The van der Waals surface area contributed by atoms with Crippen molar-refractivity contribution in [2.45, 2.75) is 13.3 Å². The molecule has 1 fully saturated rings. The van der Waals surface area contributed by atoms with E-state index in [9.17, 15) is 0 Å². The van der Waals surface area contributed by atoms with E-state index in [2.05, 4.69) is 28.4 Å². The second-order valence-electron chi connectivity index (χ2n) is 4.44. The maximum Gasteiger partial charge on any atom is 0.161 e. The van der Waals surface area contributed by atoms with Crippen molar-refractivity contribution in [2.75, 3.05) is 25.3 Å². The average molecular weight is 265 g/mol. The Kier molecular flexibility index (Phi) is 3.40. The van der Waals surface area contributed by atoms with Crippen LogP contribution in [0.1, 0.15) is 11.3 Å². The van der Waals surface area contributed by atoms with Crippen molar-refractivity contribution in [3.63, 3.8) is 0 Å². The van der Waals surface area contributed by atoms with Gasteiger partial charge in [-0.3, -0.25) is 4.84 Å². The van der Waals surface area contributed by atoms with E-state index in [0.29, 0.717) is 12.5 Å². The van der Waals surface area contributed by atoms with Gasteiger partial charge in [0.05, 0.1) is 18.6 Å². The van der Waals surface area contributed by atoms with Gasteiger partial charge < -0.3 is 4.74 Å². The molecule has 0 aliphatic carbocycles. The Morgan fingerprint density at radius 2 is 2.50 bits per heavy atom. The highest BCUT2D eigenvalue weighted by Gasteiger charge is 2.16. The normalized spacial score (nSPS) is 19.5. The smallest absolute Gasteiger partial charge is 0.161 e. The predicted molar refractivity (Wildman–Crippen MR) is 70.7 cm³/mol. The second kappa shape index (κ2) is 5.17. The Labute approximate surface area is 109 Å². The molecule has 18 heavy (non-hydrogen) atoms. The highest BCUT2D eigenvalue weighted by molar-refractivity contribution is 7.18. The Bertz CT molecular complexity index is 537. The molecule has 96 valence electrons. The molecule has 1 N–H and O–H groups in total. The van der Waals surface area contributed by atoms with Crippen molar-refractivity contribution in [1.29, 1.82) is 0 Å². The molecule has 5 nitrogen and oxygen atoms in total. The van der Waals surface area contributed by atoms with E-state index in [4.69, 9.17) is 9.57 Å². The summed E-state index contributed by atoms with van der Waals surface area (Å²) in [5.41, 5.74) is 2.93. The fourth-order valence-electron chi connectivity index (χ4n) is 2.00. The van der Waals surface area contributed by atoms with Crippen LogP contribution in [0.3, 0.4) is 0 Å². The summed E-state index contributed by atoms with van der Waals surface area (Å²) in [6.45, 7) is 4.34. The number of fused-ring (bicyclic) bond motifs is 1. The summed E-state index contributed by atoms with van der Waals surface area (Å²) >= 11 is 1.66. The topological polar surface area (TPSA) is 56.3 Å². The van der Waals surface area contributed by atoms with Crippen LogP contribution in [0, 0.1) is 12.8 Å². The minimum Gasteiger partial charge on any atom is -0.381 e. The number of anilines is 1. The van der Waals surface area contributed by atoms with Crippen molar-refractivity contribution < 1.29 is 9.57 Å². The van der Waals surface area contributed by atoms with Crippen molar-refractivity contribution >= 4 is 27.4 Å². The number of hydrogen-bond donors (Lipinski definition) is 1. The lowest BCUT2D eigenvalue weighted by atomic mass is 10.1. The van der Waals surface area contributed by atoms with Gasteiger partial charge in [0.1, 0.15) is 11.2 Å². The molecule has 3 heterocycles. The lowest BCUT2D eigenvalue weighted by Gasteiger charge is -2.09. The van der Waals surface area contributed by atoms with Gasteiger partial charge in [-0.2, -0.15) is 0 Å². The first-order valence-electron chi connectivity index (χ1n) is 5.99. The number of rotatable bonds is 4. The molecule has 1 atom stereocenters. The van der Waals surface area contributed by atoms with Crippen LogP contribution in [0.2, 0.25) is 0 Å². The van der Waals surface area contributed by atoms with Crippen LogP contribution in [0.25, 0.3) is 10.2 Å². The third-order valence-electron chi connectivity index (χ3n) is 2.96. The second-order valence-corrected chi connectivity index (χ2v) is 5.68. The number of nitrogens with one attached hydrogen (secondary N) is 1. The van der Waals surface area contributed by atoms with Gasteiger partial charge in [-0.05, 0) is 19.4 Å². The number of ether oxygens (including phenoxy) is 1. The summed E-state index contributed by atoms with van der Waals surface area (Å²) in [4.78, 5) is 16.2. The summed E-state index contributed by atoms with van der Waals surface area (Å²) in [6, 6.07) is 2.07. The molecule has 0 spiro atoms. The van der Waals surface area contributed by atoms with E-state index >= 15 is 0 Å². The quantitative estimate of drug-likeness (QED) is 0.860. The molecule has 0 bridgehead atoms. The molecule has 0 amide bonds. The molecule has 3 rings (SSSR count). The lowest BCUT2D eigenvalue weighted by Crippen LogP contribution is -2.13. The van der Waals surface area contributed by atoms with E-state index in [0.717, 1.165) is 35.7 Å². The summed E-state index contributed by atoms with van der Waals surface area (Å²) in [6.07, 6.45) is 2.63. The SMILES string of the molecule is Cc1cc2c(NOCC3CCOC3)ncnc2s1. The highest BCUT2D eigenvalue weighted by atomic mass is 32.1. The van der Waals surface area contributed by atoms with Gasteiger partial charge >= 0.3 is 0 Å². The minimum absolute atomic E-state index is 0.485. The van der Waals surface area contributed by atoms with Crippen LogP contribution >= 0.6 is 11.3 Å². The summed E-state index contributed by atoms with van der Waals surface area (Å²) < 4.78 is 5.30. The fourth-order valence-corrected chi connectivity index (χ4v) is 2.85. The molecule has 2 aromatic heterocycles. The van der Waals surface area contributed by atoms with Gasteiger partial charge in [0, 0.05) is 17.4 Å². The first-order chi connectivity index (χ1) is 8.83. The molecule has 1 saturated heterocycles. The van der Waals surface area contributed by atoms with Crippen molar-refractivity contribution in [3.8, 4) is 0 Å². The van der Waals surface area contributed by atoms with Crippen LogP contribution in [0.5, 0.6) is 0 Å².